The van der Waals surface area contributed by atoms with Crippen LogP contribution >= 0.6 is 0 Å². The van der Waals surface area contributed by atoms with E-state index in [1.165, 1.54) is 0 Å². The smallest absolute Gasteiger partial charge is 0.151 e. The zero-order valence-corrected chi connectivity index (χ0v) is 16.8. The van der Waals surface area contributed by atoms with Gasteiger partial charge in [0.25, 0.3) is 0 Å². The summed E-state index contributed by atoms with van der Waals surface area (Å²) in [6, 6.07) is 0. The molecule has 0 unspecified atom stereocenters. The van der Waals surface area contributed by atoms with Gasteiger partial charge in [0.05, 0.1) is 23.6 Å². The first-order chi connectivity index (χ1) is 12.4. The highest BCUT2D eigenvalue weighted by molar-refractivity contribution is 7.91. The second kappa shape index (κ2) is 9.32. The number of nitrogen functional groups attached to an aromatic ring is 1. The van der Waals surface area contributed by atoms with E-state index in [1.807, 2.05) is 13.8 Å². The zero-order chi connectivity index (χ0) is 19.2. The number of nitrogens with two attached hydrogens (primary N) is 1. The summed E-state index contributed by atoms with van der Waals surface area (Å²) in [5, 5.41) is 0. The summed E-state index contributed by atoms with van der Waals surface area (Å²) in [4.78, 5) is 8.85. The highest BCUT2D eigenvalue weighted by atomic mass is 32.2. The van der Waals surface area contributed by atoms with Crippen molar-refractivity contribution in [2.24, 2.45) is 0 Å². The number of ether oxygens (including phenoxy) is 1. The van der Waals surface area contributed by atoms with Crippen molar-refractivity contribution in [3.05, 3.63) is 17.6 Å². The number of anilines is 1. The van der Waals surface area contributed by atoms with Gasteiger partial charge >= 0.3 is 0 Å². The van der Waals surface area contributed by atoms with Crippen LogP contribution < -0.4 is 5.73 Å². The summed E-state index contributed by atoms with van der Waals surface area (Å²) in [5.41, 5.74) is 8.71. The van der Waals surface area contributed by atoms with Crippen molar-refractivity contribution >= 4 is 26.7 Å². The van der Waals surface area contributed by atoms with E-state index in [0.29, 0.717) is 37.3 Å². The van der Waals surface area contributed by atoms with E-state index in [2.05, 4.69) is 14.5 Å². The van der Waals surface area contributed by atoms with Gasteiger partial charge in [0.2, 0.25) is 0 Å². The monoisotopic (exact) mass is 382 g/mol. The van der Waals surface area contributed by atoms with E-state index in [9.17, 15) is 8.42 Å². The van der Waals surface area contributed by atoms with Crippen molar-refractivity contribution < 1.29 is 13.2 Å². The normalized spacial score (nSPS) is 12.1. The lowest BCUT2D eigenvalue weighted by Crippen LogP contribution is -2.13. The zero-order valence-electron chi connectivity index (χ0n) is 16.0. The summed E-state index contributed by atoms with van der Waals surface area (Å²) in [6.45, 7) is 5.27. The fraction of sp³-hybridized carbons (Fsp3) is 0.667. The Morgan fingerprint density at radius 2 is 1.96 bits per heavy atom. The summed E-state index contributed by atoms with van der Waals surface area (Å²) < 4.78 is 31.3. The highest BCUT2D eigenvalue weighted by Gasteiger charge is 2.16. The van der Waals surface area contributed by atoms with Gasteiger partial charge in [0, 0.05) is 26.3 Å². The third kappa shape index (κ3) is 5.17. The molecule has 0 aliphatic carbocycles. The molecular weight excluding hydrogens is 352 g/mol. The molecule has 0 bridgehead atoms. The number of aryl methyl sites for hydroxylation is 2. The second-order valence-corrected chi connectivity index (χ2v) is 8.96. The van der Waals surface area contributed by atoms with E-state index in [4.69, 9.17) is 10.5 Å². The van der Waals surface area contributed by atoms with E-state index < -0.39 is 9.84 Å². The Bertz CT molecular complexity index is 831. The number of fused-ring (bicyclic) bond motifs is 1. The Kier molecular flexibility index (Phi) is 7.40. The van der Waals surface area contributed by atoms with Gasteiger partial charge in [0.15, 0.2) is 5.82 Å². The van der Waals surface area contributed by atoms with Gasteiger partial charge in [-0.1, -0.05) is 13.3 Å². The van der Waals surface area contributed by atoms with Crippen LogP contribution in [0.2, 0.25) is 0 Å². The predicted octanol–water partition coefficient (Wildman–Crippen LogP) is 2.51. The molecule has 0 aliphatic heterocycles. The van der Waals surface area contributed by atoms with E-state index >= 15 is 0 Å². The number of nitrogens with zero attached hydrogens (tertiary/aromatic N) is 3. The molecule has 7 nitrogen and oxygen atoms in total. The molecule has 146 valence electrons. The van der Waals surface area contributed by atoms with Crippen molar-refractivity contribution in [3.63, 3.8) is 0 Å². The molecule has 2 rings (SSSR count). The Morgan fingerprint density at radius 1 is 1.23 bits per heavy atom. The number of imidazole rings is 1. The molecule has 0 amide bonds. The number of aromatic nitrogens is 3. The summed E-state index contributed by atoms with van der Waals surface area (Å²) >= 11 is 0. The topological polar surface area (TPSA) is 100 Å². The van der Waals surface area contributed by atoms with Gasteiger partial charge in [-0.3, -0.25) is 0 Å². The third-order valence-electron chi connectivity index (χ3n) is 4.49. The molecule has 0 spiro atoms. The van der Waals surface area contributed by atoms with Crippen molar-refractivity contribution in [3.8, 4) is 0 Å². The van der Waals surface area contributed by atoms with Crippen molar-refractivity contribution in [2.45, 2.75) is 52.5 Å². The van der Waals surface area contributed by atoms with Gasteiger partial charge in [-0.25, -0.2) is 18.4 Å². The maximum atomic E-state index is 12.0. The predicted molar refractivity (Wildman–Crippen MR) is 105 cm³/mol. The number of hydrogen-bond acceptors (Lipinski definition) is 6. The van der Waals surface area contributed by atoms with Gasteiger partial charge in [0.1, 0.15) is 21.2 Å². The van der Waals surface area contributed by atoms with Crippen LogP contribution in [0.1, 0.15) is 44.0 Å². The van der Waals surface area contributed by atoms with Crippen molar-refractivity contribution in [2.75, 3.05) is 31.0 Å². The van der Waals surface area contributed by atoms with Crippen LogP contribution in [0.25, 0.3) is 11.0 Å². The fourth-order valence-electron chi connectivity index (χ4n) is 3.05. The van der Waals surface area contributed by atoms with Gasteiger partial charge in [-0.2, -0.15) is 0 Å². The van der Waals surface area contributed by atoms with Crippen LogP contribution in [0.5, 0.6) is 0 Å². The van der Waals surface area contributed by atoms with E-state index in [0.717, 1.165) is 36.2 Å². The lowest BCUT2D eigenvalue weighted by Gasteiger charge is -2.11. The Balaban J connectivity index is 2.13. The standard InChI is InChI=1S/C18H30N4O3S/c1-4-5-11-26(23,24)12-7-6-9-22-15(8-10-25-3)21-16-17(22)14(2)13-20-18(16)19/h13H,4-12H2,1-3H3,(H2,19,20). The summed E-state index contributed by atoms with van der Waals surface area (Å²) in [7, 11) is -1.28. The molecule has 0 atom stereocenters. The Labute approximate surface area is 155 Å². The number of pyridine rings is 1. The third-order valence-corrected chi connectivity index (χ3v) is 6.31. The quantitative estimate of drug-likeness (QED) is 0.599. The van der Waals surface area contributed by atoms with Gasteiger partial charge in [-0.15, -0.1) is 0 Å². The van der Waals surface area contributed by atoms with E-state index in [-0.39, 0.29) is 11.5 Å². The van der Waals surface area contributed by atoms with E-state index in [1.54, 1.807) is 13.3 Å². The van der Waals surface area contributed by atoms with Crippen LogP contribution in [0.3, 0.4) is 0 Å². The average molecular weight is 383 g/mol. The number of methoxy groups -OCH3 is 1. The van der Waals surface area contributed by atoms with Gasteiger partial charge in [-0.05, 0) is 31.7 Å². The molecule has 8 heteroatoms. The van der Waals surface area contributed by atoms with Crippen LogP contribution in [0.4, 0.5) is 5.82 Å². The first kappa shape index (κ1) is 20.6. The van der Waals surface area contributed by atoms with Crippen LogP contribution in [-0.2, 0) is 27.5 Å². The van der Waals surface area contributed by atoms with Crippen molar-refractivity contribution in [1.29, 1.82) is 0 Å². The van der Waals surface area contributed by atoms with Crippen LogP contribution in [-0.4, -0.2) is 48.2 Å². The lowest BCUT2D eigenvalue weighted by molar-refractivity contribution is 0.199. The Hall–Kier alpha value is -1.67. The minimum atomic E-state index is -2.94. The van der Waals surface area contributed by atoms with Crippen molar-refractivity contribution in [1.82, 2.24) is 14.5 Å². The fourth-order valence-corrected chi connectivity index (χ4v) is 4.63. The molecule has 0 aromatic carbocycles. The molecule has 0 saturated heterocycles. The summed E-state index contributed by atoms with van der Waals surface area (Å²) in [6.07, 6.45) is 5.50. The average Bonchev–Trinajstić information content (AvgIpc) is 2.98. The molecule has 2 N–H and O–H groups in total. The molecular formula is C18H30N4O3S. The molecule has 0 radical (unpaired) electrons. The molecule has 0 fully saturated rings. The number of sulfone groups is 1. The molecule has 0 saturated carbocycles. The minimum absolute atomic E-state index is 0.246. The van der Waals surface area contributed by atoms with Gasteiger partial charge < -0.3 is 15.0 Å². The molecule has 2 aromatic rings. The minimum Gasteiger partial charge on any atom is -0.384 e. The maximum absolute atomic E-state index is 12.0. The van der Waals surface area contributed by atoms with Crippen LogP contribution in [0.15, 0.2) is 6.20 Å². The maximum Gasteiger partial charge on any atom is 0.151 e. The number of rotatable bonds is 11. The highest BCUT2D eigenvalue weighted by Crippen LogP contribution is 2.24. The molecule has 2 aromatic heterocycles. The lowest BCUT2D eigenvalue weighted by atomic mass is 10.2. The van der Waals surface area contributed by atoms with Crippen LogP contribution in [0, 0.1) is 6.92 Å². The molecule has 2 heterocycles. The second-order valence-electron chi connectivity index (χ2n) is 6.66. The first-order valence-electron chi connectivity index (χ1n) is 9.19. The summed E-state index contributed by atoms with van der Waals surface area (Å²) in [5.74, 6) is 1.86. The largest absolute Gasteiger partial charge is 0.384 e. The SMILES string of the molecule is CCCCS(=O)(=O)CCCCn1c(CCOC)nc2c(N)ncc(C)c21. The molecule has 26 heavy (non-hydrogen) atoms. The number of unbranched alkanes of at least 4 members (excludes halogenated alkanes) is 2. The number of hydrogen-bond donors (Lipinski definition) is 1. The Morgan fingerprint density at radius 3 is 2.65 bits per heavy atom. The first-order valence-corrected chi connectivity index (χ1v) is 11.0. The molecule has 0 aliphatic rings.